The summed E-state index contributed by atoms with van der Waals surface area (Å²) < 4.78 is 0. The summed E-state index contributed by atoms with van der Waals surface area (Å²) >= 11 is 0. The minimum atomic E-state index is 0.661. The van der Waals surface area contributed by atoms with Gasteiger partial charge in [-0.25, -0.2) is 0 Å². The summed E-state index contributed by atoms with van der Waals surface area (Å²) in [5.41, 5.74) is 0.661. The lowest BCUT2D eigenvalue weighted by Crippen LogP contribution is -2.42. The molecule has 9 heavy (non-hydrogen) atoms. The van der Waals surface area contributed by atoms with Crippen molar-refractivity contribution in [1.82, 2.24) is 5.32 Å². The zero-order chi connectivity index (χ0) is 6.48. The Morgan fingerprint density at radius 2 is 2.11 bits per heavy atom. The van der Waals surface area contributed by atoms with Crippen LogP contribution in [-0.2, 0) is 0 Å². The Kier molecular flexibility index (Phi) is 0.963. The van der Waals surface area contributed by atoms with E-state index < -0.39 is 0 Å². The third kappa shape index (κ3) is 0.644. The van der Waals surface area contributed by atoms with Crippen molar-refractivity contribution in [3.8, 4) is 0 Å². The predicted octanol–water partition coefficient (Wildman–Crippen LogP) is 1.25. The molecule has 0 radical (unpaired) electrons. The van der Waals surface area contributed by atoms with Crippen molar-refractivity contribution in [1.29, 1.82) is 0 Å². The van der Waals surface area contributed by atoms with Gasteiger partial charge in [-0.3, -0.25) is 0 Å². The van der Waals surface area contributed by atoms with Gasteiger partial charge in [0.15, 0.2) is 0 Å². The predicted molar refractivity (Wildman–Crippen MR) is 38.2 cm³/mol. The molecule has 0 spiro atoms. The van der Waals surface area contributed by atoms with Gasteiger partial charge in [-0.1, -0.05) is 13.8 Å². The van der Waals surface area contributed by atoms with E-state index in [1.54, 1.807) is 0 Å². The highest BCUT2D eigenvalue weighted by Crippen LogP contribution is 2.51. The minimum Gasteiger partial charge on any atom is -0.316 e. The van der Waals surface area contributed by atoms with Gasteiger partial charge in [0.05, 0.1) is 0 Å². The average Bonchev–Trinajstić information content (AvgIpc) is 2.10. The fourth-order valence-corrected chi connectivity index (χ4v) is 2.53. The lowest BCUT2D eigenvalue weighted by atomic mass is 9.57. The smallest absolute Gasteiger partial charge is 0.00122 e. The Hall–Kier alpha value is -0.0400. The zero-order valence-electron chi connectivity index (χ0n) is 6.28. The van der Waals surface area contributed by atoms with Gasteiger partial charge in [-0.15, -0.1) is 0 Å². The first-order valence-corrected chi connectivity index (χ1v) is 3.91. The molecule has 1 aliphatic carbocycles. The van der Waals surface area contributed by atoms with Crippen LogP contribution in [0.15, 0.2) is 0 Å². The van der Waals surface area contributed by atoms with E-state index in [0.717, 1.165) is 11.8 Å². The molecule has 2 fully saturated rings. The van der Waals surface area contributed by atoms with Crippen molar-refractivity contribution in [2.75, 3.05) is 13.1 Å². The molecular weight excluding hydrogens is 110 g/mol. The molecule has 0 aromatic carbocycles. The summed E-state index contributed by atoms with van der Waals surface area (Å²) in [6, 6.07) is 0. The monoisotopic (exact) mass is 125 g/mol. The van der Waals surface area contributed by atoms with Crippen LogP contribution in [-0.4, -0.2) is 13.1 Å². The molecule has 1 N–H and O–H groups in total. The third-order valence-corrected chi connectivity index (χ3v) is 3.13. The van der Waals surface area contributed by atoms with Crippen molar-refractivity contribution in [3.63, 3.8) is 0 Å². The fourth-order valence-electron chi connectivity index (χ4n) is 2.53. The van der Waals surface area contributed by atoms with Crippen molar-refractivity contribution in [2.45, 2.75) is 20.3 Å². The maximum Gasteiger partial charge on any atom is -0.00122 e. The molecule has 52 valence electrons. The first-order chi connectivity index (χ1) is 4.20. The Bertz CT molecular complexity index is 129. The molecule has 2 atom stereocenters. The molecule has 1 nitrogen and oxygen atoms in total. The maximum atomic E-state index is 3.44. The van der Waals surface area contributed by atoms with Gasteiger partial charge in [0.25, 0.3) is 0 Å². The van der Waals surface area contributed by atoms with Crippen LogP contribution in [0.25, 0.3) is 0 Å². The van der Waals surface area contributed by atoms with E-state index in [9.17, 15) is 0 Å². The second-order valence-electron chi connectivity index (χ2n) is 4.22. The number of nitrogens with one attached hydrogen (secondary N) is 1. The van der Waals surface area contributed by atoms with Crippen LogP contribution in [0.1, 0.15) is 20.3 Å². The first kappa shape index (κ1) is 5.72. The van der Waals surface area contributed by atoms with Crippen LogP contribution in [0, 0.1) is 17.3 Å². The molecule has 1 heteroatoms. The highest BCUT2D eigenvalue weighted by Gasteiger charge is 2.49. The van der Waals surface area contributed by atoms with E-state index in [1.807, 2.05) is 0 Å². The Labute approximate surface area is 56.8 Å². The van der Waals surface area contributed by atoms with Gasteiger partial charge in [-0.05, 0) is 36.8 Å². The molecule has 0 bridgehead atoms. The highest BCUT2D eigenvalue weighted by atomic mass is 14.9. The van der Waals surface area contributed by atoms with Crippen molar-refractivity contribution < 1.29 is 0 Å². The summed E-state index contributed by atoms with van der Waals surface area (Å²) in [5.74, 6) is 2.03. The lowest BCUT2D eigenvalue weighted by Gasteiger charge is -2.47. The maximum absolute atomic E-state index is 3.44. The summed E-state index contributed by atoms with van der Waals surface area (Å²) in [7, 11) is 0. The topological polar surface area (TPSA) is 12.0 Å². The molecule has 0 unspecified atom stereocenters. The molecule has 0 amide bonds. The second kappa shape index (κ2) is 1.51. The minimum absolute atomic E-state index is 0.661. The van der Waals surface area contributed by atoms with E-state index in [-0.39, 0.29) is 0 Å². The van der Waals surface area contributed by atoms with E-state index in [1.165, 1.54) is 19.5 Å². The summed E-state index contributed by atoms with van der Waals surface area (Å²) in [6.45, 7) is 7.34. The van der Waals surface area contributed by atoms with E-state index in [2.05, 4.69) is 19.2 Å². The van der Waals surface area contributed by atoms with Gasteiger partial charge >= 0.3 is 0 Å². The molecule has 1 heterocycles. The Balaban J connectivity index is 2.09. The molecule has 0 aromatic rings. The van der Waals surface area contributed by atoms with Crippen LogP contribution >= 0.6 is 0 Å². The highest BCUT2D eigenvalue weighted by molar-refractivity contribution is 5.01. The average molecular weight is 125 g/mol. The standard InChI is InChI=1S/C8H15N/c1-8(2)3-6-4-9-5-7(6)8/h6-7,9H,3-5H2,1-2H3/t6-,7+/m0/s1. The number of rotatable bonds is 0. The normalized spacial score (nSPS) is 46.0. The molecule has 1 aliphatic heterocycles. The summed E-state index contributed by atoms with van der Waals surface area (Å²) in [6.07, 6.45) is 1.45. The van der Waals surface area contributed by atoms with E-state index in [0.29, 0.717) is 5.41 Å². The van der Waals surface area contributed by atoms with Crippen LogP contribution < -0.4 is 5.32 Å². The zero-order valence-corrected chi connectivity index (χ0v) is 6.28. The Morgan fingerprint density at radius 1 is 1.33 bits per heavy atom. The number of hydrogen-bond acceptors (Lipinski definition) is 1. The van der Waals surface area contributed by atoms with Gasteiger partial charge < -0.3 is 5.32 Å². The first-order valence-electron chi connectivity index (χ1n) is 3.91. The molecule has 0 aromatic heterocycles. The molecular formula is C8H15N. The third-order valence-electron chi connectivity index (χ3n) is 3.13. The van der Waals surface area contributed by atoms with E-state index in [4.69, 9.17) is 0 Å². The quantitative estimate of drug-likeness (QED) is 0.514. The largest absolute Gasteiger partial charge is 0.316 e. The number of fused-ring (bicyclic) bond motifs is 1. The van der Waals surface area contributed by atoms with Crippen LogP contribution in [0.3, 0.4) is 0 Å². The van der Waals surface area contributed by atoms with Gasteiger partial charge in [0, 0.05) is 0 Å². The van der Waals surface area contributed by atoms with Gasteiger partial charge in [0.2, 0.25) is 0 Å². The van der Waals surface area contributed by atoms with Crippen LogP contribution in [0.5, 0.6) is 0 Å². The van der Waals surface area contributed by atoms with Gasteiger partial charge in [-0.2, -0.15) is 0 Å². The van der Waals surface area contributed by atoms with Crippen molar-refractivity contribution in [3.05, 3.63) is 0 Å². The molecule has 1 saturated carbocycles. The molecule has 1 saturated heterocycles. The van der Waals surface area contributed by atoms with Crippen LogP contribution in [0.4, 0.5) is 0 Å². The molecule has 2 rings (SSSR count). The summed E-state index contributed by atoms with van der Waals surface area (Å²) in [5, 5.41) is 3.44. The van der Waals surface area contributed by atoms with E-state index >= 15 is 0 Å². The second-order valence-corrected chi connectivity index (χ2v) is 4.22. The lowest BCUT2D eigenvalue weighted by molar-refractivity contribution is 0.0299. The Morgan fingerprint density at radius 3 is 2.56 bits per heavy atom. The number of hydrogen-bond donors (Lipinski definition) is 1. The van der Waals surface area contributed by atoms with Crippen LogP contribution in [0.2, 0.25) is 0 Å². The fraction of sp³-hybridized carbons (Fsp3) is 1.00. The van der Waals surface area contributed by atoms with Crippen molar-refractivity contribution in [2.24, 2.45) is 17.3 Å². The summed E-state index contributed by atoms with van der Waals surface area (Å²) in [4.78, 5) is 0. The van der Waals surface area contributed by atoms with Crippen molar-refractivity contribution >= 4 is 0 Å². The van der Waals surface area contributed by atoms with Gasteiger partial charge in [0.1, 0.15) is 0 Å². The SMILES string of the molecule is CC1(C)C[C@H]2CNC[C@H]21. The molecule has 2 aliphatic rings.